The molecule has 3 aromatic rings. The van der Waals surface area contributed by atoms with Crippen LogP contribution in [0, 0.1) is 0 Å². The van der Waals surface area contributed by atoms with E-state index in [4.69, 9.17) is 0 Å². The van der Waals surface area contributed by atoms with E-state index in [1.807, 2.05) is 30.3 Å². The molecule has 2 aromatic heterocycles. The lowest BCUT2D eigenvalue weighted by Crippen LogP contribution is -2.37. The van der Waals surface area contributed by atoms with Gasteiger partial charge in [0, 0.05) is 18.7 Å². The first-order valence-corrected chi connectivity index (χ1v) is 7.57. The summed E-state index contributed by atoms with van der Waals surface area (Å²) in [5.41, 5.74) is 1.25. The van der Waals surface area contributed by atoms with Crippen LogP contribution in [-0.4, -0.2) is 32.0 Å². The number of hydrogen-bond acceptors (Lipinski definition) is 4. The van der Waals surface area contributed by atoms with Crippen molar-refractivity contribution in [3.8, 4) is 5.69 Å². The molecular weight excluding hydrogens is 294 g/mol. The molecule has 1 aliphatic heterocycles. The van der Waals surface area contributed by atoms with Crippen LogP contribution in [0.5, 0.6) is 0 Å². The van der Waals surface area contributed by atoms with Crippen LogP contribution in [0.3, 0.4) is 0 Å². The number of amides is 1. The SMILES string of the molecule is O=C1CCCCN1c1nc2c(ncn2-c2ccccc2)c(=O)[nH]1. The number of imidazole rings is 1. The van der Waals surface area contributed by atoms with Gasteiger partial charge in [0.2, 0.25) is 11.9 Å². The van der Waals surface area contributed by atoms with E-state index in [1.165, 1.54) is 0 Å². The molecule has 1 fully saturated rings. The van der Waals surface area contributed by atoms with Crippen molar-refractivity contribution in [3.63, 3.8) is 0 Å². The highest BCUT2D eigenvalue weighted by Gasteiger charge is 2.23. The van der Waals surface area contributed by atoms with Crippen molar-refractivity contribution in [3.05, 3.63) is 47.0 Å². The molecule has 23 heavy (non-hydrogen) atoms. The average Bonchev–Trinajstić information content (AvgIpc) is 3.00. The van der Waals surface area contributed by atoms with Gasteiger partial charge in [-0.15, -0.1) is 0 Å². The summed E-state index contributed by atoms with van der Waals surface area (Å²) in [6.07, 6.45) is 3.85. The number of H-pyrrole nitrogens is 1. The molecule has 0 atom stereocenters. The highest BCUT2D eigenvalue weighted by atomic mass is 16.2. The summed E-state index contributed by atoms with van der Waals surface area (Å²) < 4.78 is 1.75. The monoisotopic (exact) mass is 309 g/mol. The number of rotatable bonds is 2. The number of benzene rings is 1. The fraction of sp³-hybridized carbons (Fsp3) is 0.250. The average molecular weight is 309 g/mol. The summed E-state index contributed by atoms with van der Waals surface area (Å²) >= 11 is 0. The standard InChI is InChI=1S/C16H15N5O2/c22-12-8-4-5-9-20(12)16-18-14-13(15(23)19-16)17-10-21(14)11-6-2-1-3-7-11/h1-3,6-7,10H,4-5,8-9H2,(H,18,19,23). The molecule has 1 aromatic carbocycles. The highest BCUT2D eigenvalue weighted by Crippen LogP contribution is 2.19. The molecule has 1 N–H and O–H groups in total. The number of para-hydroxylation sites is 1. The van der Waals surface area contributed by atoms with Crippen molar-refractivity contribution in [2.45, 2.75) is 19.3 Å². The maximum absolute atomic E-state index is 12.3. The lowest BCUT2D eigenvalue weighted by Gasteiger charge is -2.24. The molecular formula is C16H15N5O2. The quantitative estimate of drug-likeness (QED) is 0.779. The zero-order valence-electron chi connectivity index (χ0n) is 12.4. The Morgan fingerprint density at radius 3 is 2.70 bits per heavy atom. The first-order valence-electron chi connectivity index (χ1n) is 7.57. The number of carbonyl (C=O) groups excluding carboxylic acids is 1. The number of anilines is 1. The van der Waals surface area contributed by atoms with Crippen molar-refractivity contribution in [1.29, 1.82) is 0 Å². The minimum atomic E-state index is -0.335. The molecule has 0 bridgehead atoms. The molecule has 1 saturated heterocycles. The number of fused-ring (bicyclic) bond motifs is 1. The molecule has 0 spiro atoms. The van der Waals surface area contributed by atoms with Crippen molar-refractivity contribution in [2.24, 2.45) is 0 Å². The van der Waals surface area contributed by atoms with Crippen LogP contribution in [0.15, 0.2) is 41.5 Å². The minimum Gasteiger partial charge on any atom is -0.290 e. The summed E-state index contributed by atoms with van der Waals surface area (Å²) in [7, 11) is 0. The Hall–Kier alpha value is -2.96. The topological polar surface area (TPSA) is 83.9 Å². The van der Waals surface area contributed by atoms with Gasteiger partial charge in [0.1, 0.15) is 6.33 Å². The number of hydrogen-bond donors (Lipinski definition) is 1. The third-order valence-corrected chi connectivity index (χ3v) is 4.01. The van der Waals surface area contributed by atoms with E-state index in [0.717, 1.165) is 18.5 Å². The summed E-state index contributed by atoms with van der Waals surface area (Å²) in [5.74, 6) is 0.286. The van der Waals surface area contributed by atoms with Crippen LogP contribution in [0.25, 0.3) is 16.9 Å². The van der Waals surface area contributed by atoms with E-state index in [-0.39, 0.29) is 17.0 Å². The van der Waals surface area contributed by atoms with E-state index in [1.54, 1.807) is 15.8 Å². The fourth-order valence-electron chi connectivity index (χ4n) is 2.83. The van der Waals surface area contributed by atoms with Gasteiger partial charge in [-0.25, -0.2) is 4.98 Å². The molecule has 3 heterocycles. The first kappa shape index (κ1) is 13.7. The molecule has 0 unspecified atom stereocenters. The second-order valence-electron chi connectivity index (χ2n) is 5.51. The Kier molecular flexibility index (Phi) is 3.18. The maximum Gasteiger partial charge on any atom is 0.280 e. The van der Waals surface area contributed by atoms with Crippen LogP contribution in [0.2, 0.25) is 0 Å². The lowest BCUT2D eigenvalue weighted by atomic mass is 10.1. The smallest absolute Gasteiger partial charge is 0.280 e. The molecule has 7 heteroatoms. The predicted octanol–water partition coefficient (Wildman–Crippen LogP) is 1.63. The Morgan fingerprint density at radius 2 is 1.91 bits per heavy atom. The van der Waals surface area contributed by atoms with E-state index in [2.05, 4.69) is 15.0 Å². The molecule has 116 valence electrons. The molecule has 0 aliphatic carbocycles. The van der Waals surface area contributed by atoms with Crippen LogP contribution >= 0.6 is 0 Å². The van der Waals surface area contributed by atoms with Crippen molar-refractivity contribution in [2.75, 3.05) is 11.4 Å². The van der Waals surface area contributed by atoms with Gasteiger partial charge in [-0.1, -0.05) is 18.2 Å². The van der Waals surface area contributed by atoms with Gasteiger partial charge < -0.3 is 0 Å². The van der Waals surface area contributed by atoms with Gasteiger partial charge >= 0.3 is 0 Å². The number of nitrogens with zero attached hydrogens (tertiary/aromatic N) is 4. The van der Waals surface area contributed by atoms with Crippen molar-refractivity contribution >= 4 is 23.0 Å². The molecule has 0 radical (unpaired) electrons. The summed E-state index contributed by atoms with van der Waals surface area (Å²) in [6.45, 7) is 0.576. The lowest BCUT2D eigenvalue weighted by molar-refractivity contribution is -0.119. The Balaban J connectivity index is 1.89. The van der Waals surface area contributed by atoms with Gasteiger partial charge in [0.25, 0.3) is 5.56 Å². The Morgan fingerprint density at radius 1 is 1.09 bits per heavy atom. The molecule has 1 amide bonds. The zero-order chi connectivity index (χ0) is 15.8. The summed E-state index contributed by atoms with van der Waals surface area (Å²) in [6, 6.07) is 9.55. The van der Waals surface area contributed by atoms with Crippen LogP contribution in [-0.2, 0) is 4.79 Å². The predicted molar refractivity (Wildman–Crippen MR) is 85.7 cm³/mol. The maximum atomic E-state index is 12.3. The molecule has 4 rings (SSSR count). The number of nitrogens with one attached hydrogen (secondary N) is 1. The number of carbonyl (C=O) groups is 1. The molecule has 7 nitrogen and oxygen atoms in total. The van der Waals surface area contributed by atoms with Gasteiger partial charge in [-0.05, 0) is 25.0 Å². The van der Waals surface area contributed by atoms with Gasteiger partial charge in [-0.3, -0.25) is 24.0 Å². The number of piperidine rings is 1. The molecule has 0 saturated carbocycles. The summed E-state index contributed by atoms with van der Waals surface area (Å²) in [4.78, 5) is 37.2. The first-order chi connectivity index (χ1) is 11.2. The van der Waals surface area contributed by atoms with E-state index in [0.29, 0.717) is 24.6 Å². The van der Waals surface area contributed by atoms with Crippen LogP contribution in [0.1, 0.15) is 19.3 Å². The minimum absolute atomic E-state index is 0.00970. The van der Waals surface area contributed by atoms with Gasteiger partial charge in [0.05, 0.1) is 0 Å². The van der Waals surface area contributed by atoms with E-state index < -0.39 is 0 Å². The van der Waals surface area contributed by atoms with Gasteiger partial charge in [0.15, 0.2) is 11.2 Å². The third-order valence-electron chi connectivity index (χ3n) is 4.01. The van der Waals surface area contributed by atoms with Crippen LogP contribution in [0.4, 0.5) is 5.95 Å². The number of aromatic amines is 1. The third kappa shape index (κ3) is 2.30. The van der Waals surface area contributed by atoms with Gasteiger partial charge in [-0.2, -0.15) is 4.98 Å². The second-order valence-corrected chi connectivity index (χ2v) is 5.51. The molecule has 1 aliphatic rings. The second kappa shape index (κ2) is 5.35. The summed E-state index contributed by atoms with van der Waals surface area (Å²) in [5, 5.41) is 0. The van der Waals surface area contributed by atoms with Crippen LogP contribution < -0.4 is 10.5 Å². The largest absolute Gasteiger partial charge is 0.290 e. The number of aromatic nitrogens is 4. The van der Waals surface area contributed by atoms with E-state index in [9.17, 15) is 9.59 Å². The van der Waals surface area contributed by atoms with Crippen molar-refractivity contribution < 1.29 is 4.79 Å². The van der Waals surface area contributed by atoms with E-state index >= 15 is 0 Å². The zero-order valence-corrected chi connectivity index (χ0v) is 12.4. The Labute approximate surface area is 131 Å². The fourth-order valence-corrected chi connectivity index (χ4v) is 2.83. The Bertz CT molecular complexity index is 929. The van der Waals surface area contributed by atoms with Crippen molar-refractivity contribution in [1.82, 2.24) is 19.5 Å². The highest BCUT2D eigenvalue weighted by molar-refractivity contribution is 5.92. The normalized spacial score (nSPS) is 15.3.